The van der Waals surface area contributed by atoms with Crippen LogP contribution in [0.15, 0.2) is 12.1 Å². The zero-order valence-corrected chi connectivity index (χ0v) is 12.5. The molecule has 1 aromatic rings. The van der Waals surface area contributed by atoms with Crippen LogP contribution in [0.4, 0.5) is 5.82 Å². The average molecular weight is 305 g/mol. The molecule has 6 heteroatoms. The molecule has 1 aromatic heterocycles. The molecule has 0 aromatic carbocycles. The fraction of sp³-hybridized carbons (Fsp3) is 0.533. The van der Waals surface area contributed by atoms with Crippen molar-refractivity contribution in [3.8, 4) is 6.07 Å². The maximum Gasteiger partial charge on any atom is 0.225 e. The predicted molar refractivity (Wildman–Crippen MR) is 80.1 cm³/mol. The van der Waals surface area contributed by atoms with E-state index in [4.69, 9.17) is 16.9 Å². The van der Waals surface area contributed by atoms with Crippen LogP contribution in [0.1, 0.15) is 25.0 Å². The van der Waals surface area contributed by atoms with Crippen LogP contribution in [0.5, 0.6) is 0 Å². The highest BCUT2D eigenvalue weighted by molar-refractivity contribution is 6.31. The zero-order valence-electron chi connectivity index (χ0n) is 11.8. The number of carbonyl (C=O) groups is 1. The summed E-state index contributed by atoms with van der Waals surface area (Å²) in [5.41, 5.74) is 0.254. The quantitative estimate of drug-likeness (QED) is 0.839. The molecule has 2 aliphatic rings. The van der Waals surface area contributed by atoms with E-state index in [1.54, 1.807) is 6.07 Å². The largest absolute Gasteiger partial charge is 0.355 e. The normalized spacial score (nSPS) is 19.0. The lowest BCUT2D eigenvalue weighted by molar-refractivity contribution is -0.132. The Morgan fingerprint density at radius 3 is 2.81 bits per heavy atom. The molecule has 3 rings (SSSR count). The number of amides is 1. The summed E-state index contributed by atoms with van der Waals surface area (Å²) in [4.78, 5) is 20.5. The van der Waals surface area contributed by atoms with Gasteiger partial charge in [-0.1, -0.05) is 11.6 Å². The zero-order chi connectivity index (χ0) is 14.8. The van der Waals surface area contributed by atoms with E-state index in [0.29, 0.717) is 10.9 Å². The van der Waals surface area contributed by atoms with Crippen molar-refractivity contribution < 1.29 is 4.79 Å². The van der Waals surface area contributed by atoms with Gasteiger partial charge in [0.05, 0.1) is 5.02 Å². The van der Waals surface area contributed by atoms with Crippen LogP contribution in [0.25, 0.3) is 0 Å². The predicted octanol–water partition coefficient (Wildman–Crippen LogP) is 2.06. The molecule has 0 spiro atoms. The van der Waals surface area contributed by atoms with Crippen molar-refractivity contribution >= 4 is 23.3 Å². The number of pyridine rings is 1. The molecule has 1 amide bonds. The highest BCUT2D eigenvalue weighted by Gasteiger charge is 2.34. The van der Waals surface area contributed by atoms with Gasteiger partial charge in [0.2, 0.25) is 5.91 Å². The number of nitriles is 1. The van der Waals surface area contributed by atoms with E-state index in [1.807, 2.05) is 17.0 Å². The molecule has 0 N–H and O–H groups in total. The van der Waals surface area contributed by atoms with E-state index in [9.17, 15) is 4.79 Å². The van der Waals surface area contributed by atoms with Crippen molar-refractivity contribution in [2.45, 2.75) is 19.3 Å². The van der Waals surface area contributed by atoms with Crippen LogP contribution in [0.2, 0.25) is 5.02 Å². The lowest BCUT2D eigenvalue weighted by Gasteiger charge is -2.23. The first-order chi connectivity index (χ1) is 10.2. The van der Waals surface area contributed by atoms with Gasteiger partial charge < -0.3 is 9.80 Å². The van der Waals surface area contributed by atoms with Crippen LogP contribution in [-0.4, -0.2) is 42.0 Å². The summed E-state index contributed by atoms with van der Waals surface area (Å²) in [6.07, 6.45) is 3.01. The van der Waals surface area contributed by atoms with Gasteiger partial charge >= 0.3 is 0 Å². The molecular formula is C15H17ClN4O. The number of anilines is 1. The number of nitrogens with zero attached hydrogens (tertiary/aromatic N) is 4. The molecule has 5 nitrogen and oxygen atoms in total. The topological polar surface area (TPSA) is 60.2 Å². The SMILES string of the molecule is N#Cc1nc(N2CCCN(C(=O)C3CC3)CC2)ccc1Cl. The van der Waals surface area contributed by atoms with Gasteiger partial charge in [-0.2, -0.15) is 5.26 Å². The standard InChI is InChI=1S/C15H17ClN4O/c16-12-4-5-14(18-13(12)10-17)19-6-1-7-20(9-8-19)15(21)11-2-3-11/h4-5,11H,1-3,6-9H2. The minimum absolute atomic E-state index is 0.254. The van der Waals surface area contributed by atoms with Crippen molar-refractivity contribution in [1.29, 1.82) is 5.26 Å². The second kappa shape index (κ2) is 5.90. The third kappa shape index (κ3) is 3.11. The molecule has 1 saturated heterocycles. The summed E-state index contributed by atoms with van der Waals surface area (Å²) in [6.45, 7) is 3.12. The molecular weight excluding hydrogens is 288 g/mol. The van der Waals surface area contributed by atoms with Crippen LogP contribution in [0.3, 0.4) is 0 Å². The van der Waals surface area contributed by atoms with Gasteiger partial charge in [0.1, 0.15) is 11.9 Å². The number of hydrogen-bond donors (Lipinski definition) is 0. The third-order valence-corrected chi connectivity index (χ3v) is 4.30. The summed E-state index contributed by atoms with van der Waals surface area (Å²) >= 11 is 5.92. The van der Waals surface area contributed by atoms with Gasteiger partial charge in [0.15, 0.2) is 5.69 Å². The van der Waals surface area contributed by atoms with Crippen molar-refractivity contribution in [3.63, 3.8) is 0 Å². The summed E-state index contributed by atoms with van der Waals surface area (Å²) in [6, 6.07) is 5.55. The Labute approximate surface area is 129 Å². The van der Waals surface area contributed by atoms with Crippen molar-refractivity contribution in [2.75, 3.05) is 31.1 Å². The van der Waals surface area contributed by atoms with Gasteiger partial charge in [-0.15, -0.1) is 0 Å². The molecule has 0 unspecified atom stereocenters. The number of halogens is 1. The molecule has 110 valence electrons. The fourth-order valence-corrected chi connectivity index (χ4v) is 2.79. The van der Waals surface area contributed by atoms with Crippen LogP contribution in [-0.2, 0) is 4.79 Å². The van der Waals surface area contributed by atoms with Gasteiger partial charge in [-0.3, -0.25) is 4.79 Å². The minimum atomic E-state index is 0.254. The van der Waals surface area contributed by atoms with Crippen LogP contribution >= 0.6 is 11.6 Å². The number of hydrogen-bond acceptors (Lipinski definition) is 4. The van der Waals surface area contributed by atoms with E-state index in [0.717, 1.165) is 51.3 Å². The molecule has 0 bridgehead atoms. The third-order valence-electron chi connectivity index (χ3n) is 4.00. The minimum Gasteiger partial charge on any atom is -0.355 e. The molecule has 1 saturated carbocycles. The first kappa shape index (κ1) is 14.2. The van der Waals surface area contributed by atoms with E-state index < -0.39 is 0 Å². The van der Waals surface area contributed by atoms with Crippen LogP contribution in [0, 0.1) is 17.2 Å². The fourth-order valence-electron chi connectivity index (χ4n) is 2.64. The average Bonchev–Trinajstić information content (AvgIpc) is 3.33. The van der Waals surface area contributed by atoms with Crippen molar-refractivity contribution in [1.82, 2.24) is 9.88 Å². The molecule has 1 aliphatic carbocycles. The number of aromatic nitrogens is 1. The van der Waals surface area contributed by atoms with Crippen LogP contribution < -0.4 is 4.90 Å². The van der Waals surface area contributed by atoms with Gasteiger partial charge in [-0.25, -0.2) is 4.98 Å². The summed E-state index contributed by atoms with van der Waals surface area (Å²) in [7, 11) is 0. The Balaban J connectivity index is 1.70. The summed E-state index contributed by atoms with van der Waals surface area (Å²) in [5, 5.41) is 9.39. The lowest BCUT2D eigenvalue weighted by atomic mass is 10.3. The maximum atomic E-state index is 12.1. The Bertz CT molecular complexity index is 594. The molecule has 0 atom stereocenters. The van der Waals surface area contributed by atoms with Crippen molar-refractivity contribution in [3.05, 3.63) is 22.8 Å². The molecule has 1 aliphatic heterocycles. The van der Waals surface area contributed by atoms with E-state index in [1.165, 1.54) is 0 Å². The molecule has 2 fully saturated rings. The molecule has 2 heterocycles. The molecule has 21 heavy (non-hydrogen) atoms. The Kier molecular flexibility index (Phi) is 3.98. The second-order valence-electron chi connectivity index (χ2n) is 5.55. The van der Waals surface area contributed by atoms with E-state index >= 15 is 0 Å². The second-order valence-corrected chi connectivity index (χ2v) is 5.96. The molecule has 0 radical (unpaired) electrons. The first-order valence-electron chi connectivity index (χ1n) is 7.29. The van der Waals surface area contributed by atoms with E-state index in [-0.39, 0.29) is 11.6 Å². The Morgan fingerprint density at radius 2 is 2.10 bits per heavy atom. The van der Waals surface area contributed by atoms with Gasteiger partial charge in [0, 0.05) is 32.1 Å². The van der Waals surface area contributed by atoms with Crippen molar-refractivity contribution in [2.24, 2.45) is 5.92 Å². The highest BCUT2D eigenvalue weighted by atomic mass is 35.5. The summed E-state index contributed by atoms with van der Waals surface area (Å²) in [5.74, 6) is 1.34. The van der Waals surface area contributed by atoms with Gasteiger partial charge in [0.25, 0.3) is 0 Å². The van der Waals surface area contributed by atoms with E-state index in [2.05, 4.69) is 9.88 Å². The Hall–Kier alpha value is -1.80. The number of carbonyl (C=O) groups excluding carboxylic acids is 1. The first-order valence-corrected chi connectivity index (χ1v) is 7.67. The smallest absolute Gasteiger partial charge is 0.225 e. The Morgan fingerprint density at radius 1 is 1.29 bits per heavy atom. The lowest BCUT2D eigenvalue weighted by Crippen LogP contribution is -2.36. The van der Waals surface area contributed by atoms with Gasteiger partial charge in [-0.05, 0) is 31.4 Å². The highest BCUT2D eigenvalue weighted by Crippen LogP contribution is 2.31. The maximum absolute atomic E-state index is 12.1. The monoisotopic (exact) mass is 304 g/mol. The number of rotatable bonds is 2. The summed E-state index contributed by atoms with van der Waals surface area (Å²) < 4.78 is 0.